The smallest absolute Gasteiger partial charge is 0.223 e. The summed E-state index contributed by atoms with van der Waals surface area (Å²) in [4.78, 5) is 15.3. The molecule has 0 spiro atoms. The molecule has 13 heavy (non-hydrogen) atoms. The molecule has 1 aromatic rings. The highest BCUT2D eigenvalue weighted by Gasteiger charge is 2.23. The molecular formula is C8H10N2O3. The van der Waals surface area contributed by atoms with E-state index in [1.165, 1.54) is 6.26 Å². The maximum atomic E-state index is 10.6. The highest BCUT2D eigenvalue weighted by atomic mass is 16.6. The molecule has 1 atom stereocenters. The predicted molar refractivity (Wildman–Crippen MR) is 45.2 cm³/mol. The first kappa shape index (κ1) is 9.44. The molecule has 1 unspecified atom stereocenters. The summed E-state index contributed by atoms with van der Waals surface area (Å²) < 4.78 is 4.33. The lowest BCUT2D eigenvalue weighted by Crippen LogP contribution is -2.16. The van der Waals surface area contributed by atoms with Gasteiger partial charge in [-0.05, 0) is 19.9 Å². The minimum atomic E-state index is -0.352. The first-order valence-corrected chi connectivity index (χ1v) is 3.81. The van der Waals surface area contributed by atoms with Gasteiger partial charge in [0.1, 0.15) is 12.0 Å². The van der Waals surface area contributed by atoms with Gasteiger partial charge in [0.25, 0.3) is 0 Å². The van der Waals surface area contributed by atoms with Crippen LogP contribution in [0.3, 0.4) is 0 Å². The topological polar surface area (TPSA) is 64.7 Å². The van der Waals surface area contributed by atoms with E-state index in [1.54, 1.807) is 26.1 Å². The summed E-state index contributed by atoms with van der Waals surface area (Å²) in [5.41, 5.74) is 0.470. The molecule has 0 aromatic carbocycles. The maximum absolute atomic E-state index is 10.6. The quantitative estimate of drug-likeness (QED) is 0.601. The average molecular weight is 182 g/mol. The van der Waals surface area contributed by atoms with E-state index in [0.29, 0.717) is 5.71 Å². The van der Waals surface area contributed by atoms with E-state index in [2.05, 4.69) is 19.7 Å². The van der Waals surface area contributed by atoms with Gasteiger partial charge in [0, 0.05) is 0 Å². The number of carbonyl (C=O) groups is 1. The lowest BCUT2D eigenvalue weighted by Gasteiger charge is -1.92. The van der Waals surface area contributed by atoms with Crippen LogP contribution in [0.1, 0.15) is 13.8 Å². The molecule has 0 radical (unpaired) electrons. The SMILES string of the molecule is CC1=NOC(C)C1=O.c1cnoc1. The Kier molecular flexibility index (Phi) is 3.19. The molecule has 5 nitrogen and oxygen atoms in total. The molecule has 2 heterocycles. The summed E-state index contributed by atoms with van der Waals surface area (Å²) in [5.74, 6) is -0.00926. The van der Waals surface area contributed by atoms with E-state index in [0.717, 1.165) is 0 Å². The van der Waals surface area contributed by atoms with E-state index in [1.807, 2.05) is 0 Å². The number of oxime groups is 1. The van der Waals surface area contributed by atoms with Crippen molar-refractivity contribution in [1.29, 1.82) is 0 Å². The summed E-state index contributed by atoms with van der Waals surface area (Å²) >= 11 is 0. The van der Waals surface area contributed by atoms with E-state index in [4.69, 9.17) is 0 Å². The molecule has 1 aliphatic heterocycles. The Morgan fingerprint density at radius 3 is 2.46 bits per heavy atom. The lowest BCUT2D eigenvalue weighted by molar-refractivity contribution is -0.119. The number of carbonyl (C=O) groups excluding carboxylic acids is 1. The minimum Gasteiger partial charge on any atom is -0.384 e. The fraction of sp³-hybridized carbons (Fsp3) is 0.375. The zero-order chi connectivity index (χ0) is 9.68. The molecule has 0 bridgehead atoms. The molecule has 1 aliphatic rings. The van der Waals surface area contributed by atoms with Crippen molar-refractivity contribution in [3.05, 3.63) is 18.5 Å². The van der Waals surface area contributed by atoms with Crippen LogP contribution in [0.15, 0.2) is 28.2 Å². The third kappa shape index (κ3) is 2.70. The number of hydrogen-bond acceptors (Lipinski definition) is 5. The minimum absolute atomic E-state index is 0.00926. The predicted octanol–water partition coefficient (Wildman–Crippen LogP) is 1.02. The summed E-state index contributed by atoms with van der Waals surface area (Å²) in [5, 5.41) is 6.81. The Bertz CT molecular complexity index is 275. The zero-order valence-corrected chi connectivity index (χ0v) is 7.43. The largest absolute Gasteiger partial charge is 0.384 e. The van der Waals surface area contributed by atoms with Crippen LogP contribution < -0.4 is 0 Å². The van der Waals surface area contributed by atoms with Crippen molar-refractivity contribution in [1.82, 2.24) is 5.16 Å². The second-order valence-electron chi connectivity index (χ2n) is 2.48. The molecule has 0 aliphatic carbocycles. The summed E-state index contributed by atoms with van der Waals surface area (Å²) in [6, 6.07) is 1.72. The van der Waals surface area contributed by atoms with Crippen LogP contribution in [-0.2, 0) is 9.63 Å². The van der Waals surface area contributed by atoms with Crippen molar-refractivity contribution in [2.24, 2.45) is 5.16 Å². The maximum Gasteiger partial charge on any atom is 0.223 e. The molecule has 0 N–H and O–H groups in total. The van der Waals surface area contributed by atoms with E-state index >= 15 is 0 Å². The van der Waals surface area contributed by atoms with Gasteiger partial charge in [-0.15, -0.1) is 0 Å². The highest BCUT2D eigenvalue weighted by Crippen LogP contribution is 2.03. The van der Waals surface area contributed by atoms with Crippen LogP contribution in [0.5, 0.6) is 0 Å². The molecular weight excluding hydrogens is 172 g/mol. The number of aromatic nitrogens is 1. The highest BCUT2D eigenvalue weighted by molar-refractivity contribution is 6.41. The lowest BCUT2D eigenvalue weighted by atomic mass is 10.2. The zero-order valence-electron chi connectivity index (χ0n) is 7.43. The Balaban J connectivity index is 0.000000145. The standard InChI is InChI=1S/C5H7NO2.C3H3NO/c1-3-5(7)4(2)8-6-3;1-2-4-5-3-1/h4H,1-2H3;1-3H. The van der Waals surface area contributed by atoms with Gasteiger partial charge in [-0.1, -0.05) is 10.3 Å². The molecule has 5 heteroatoms. The van der Waals surface area contributed by atoms with Crippen LogP contribution in [0.25, 0.3) is 0 Å². The van der Waals surface area contributed by atoms with Gasteiger partial charge in [0.2, 0.25) is 5.78 Å². The summed E-state index contributed by atoms with van der Waals surface area (Å²) in [6.07, 6.45) is 2.75. The van der Waals surface area contributed by atoms with Gasteiger partial charge in [0.05, 0.1) is 6.20 Å². The first-order valence-electron chi connectivity index (χ1n) is 3.81. The van der Waals surface area contributed by atoms with E-state index in [9.17, 15) is 4.79 Å². The number of ketones is 1. The van der Waals surface area contributed by atoms with Gasteiger partial charge in [-0.3, -0.25) is 4.79 Å². The monoisotopic (exact) mass is 182 g/mol. The van der Waals surface area contributed by atoms with Crippen LogP contribution >= 0.6 is 0 Å². The fourth-order valence-corrected chi connectivity index (χ4v) is 0.721. The van der Waals surface area contributed by atoms with Crippen molar-refractivity contribution in [2.45, 2.75) is 20.0 Å². The van der Waals surface area contributed by atoms with Crippen molar-refractivity contribution < 1.29 is 14.2 Å². The molecule has 0 saturated carbocycles. The molecule has 0 amide bonds. The van der Waals surface area contributed by atoms with E-state index in [-0.39, 0.29) is 11.9 Å². The Morgan fingerprint density at radius 1 is 1.54 bits per heavy atom. The molecule has 1 aromatic heterocycles. The van der Waals surface area contributed by atoms with Crippen LogP contribution in [-0.4, -0.2) is 22.8 Å². The van der Waals surface area contributed by atoms with Gasteiger partial charge in [0.15, 0.2) is 6.10 Å². The van der Waals surface area contributed by atoms with Crippen LogP contribution in [0.4, 0.5) is 0 Å². The normalized spacial score (nSPS) is 20.0. The number of hydrogen-bond donors (Lipinski definition) is 0. The van der Waals surface area contributed by atoms with Crippen LogP contribution in [0.2, 0.25) is 0 Å². The Labute approximate surface area is 75.3 Å². The van der Waals surface area contributed by atoms with Crippen molar-refractivity contribution in [3.8, 4) is 0 Å². The van der Waals surface area contributed by atoms with Crippen molar-refractivity contribution >= 4 is 11.5 Å². The second-order valence-corrected chi connectivity index (χ2v) is 2.48. The summed E-state index contributed by atoms with van der Waals surface area (Å²) in [6.45, 7) is 3.33. The molecule has 2 rings (SSSR count). The number of rotatable bonds is 0. The van der Waals surface area contributed by atoms with Gasteiger partial charge in [-0.25, -0.2) is 0 Å². The number of Topliss-reactive ketones (excluding diaryl/α,β-unsaturated/α-hetero) is 1. The Morgan fingerprint density at radius 2 is 2.31 bits per heavy atom. The molecule has 0 saturated heterocycles. The van der Waals surface area contributed by atoms with Gasteiger partial charge < -0.3 is 9.36 Å². The van der Waals surface area contributed by atoms with E-state index < -0.39 is 0 Å². The number of nitrogens with zero attached hydrogens (tertiary/aromatic N) is 2. The second kappa shape index (κ2) is 4.39. The third-order valence-corrected chi connectivity index (χ3v) is 1.42. The fourth-order valence-electron chi connectivity index (χ4n) is 0.721. The molecule has 70 valence electrons. The van der Waals surface area contributed by atoms with Crippen LogP contribution in [0, 0.1) is 0 Å². The van der Waals surface area contributed by atoms with Crippen molar-refractivity contribution in [3.63, 3.8) is 0 Å². The van der Waals surface area contributed by atoms with Crippen molar-refractivity contribution in [2.75, 3.05) is 0 Å². The third-order valence-electron chi connectivity index (χ3n) is 1.42. The average Bonchev–Trinajstić information content (AvgIpc) is 2.75. The first-order chi connectivity index (χ1) is 6.22. The summed E-state index contributed by atoms with van der Waals surface area (Å²) in [7, 11) is 0. The molecule has 0 fully saturated rings. The Hall–Kier alpha value is -1.65. The van der Waals surface area contributed by atoms with Gasteiger partial charge in [-0.2, -0.15) is 0 Å². The van der Waals surface area contributed by atoms with Gasteiger partial charge >= 0.3 is 0 Å².